The molecular formula is C8H13F3N2O3S. The van der Waals surface area contributed by atoms with Gasteiger partial charge < -0.3 is 15.7 Å². The number of carboxylic acids is 1. The fraction of sp³-hybridized carbons (Fsp3) is 0.750. The number of carbonyl (C=O) groups is 2. The minimum absolute atomic E-state index is 0.153. The molecule has 2 amide bonds. The Hall–Kier alpha value is -1.12. The SMILES string of the molecule is CSCCNC(=O)NC(C)(C(=O)O)C(F)(F)F. The maximum atomic E-state index is 12.5. The van der Waals surface area contributed by atoms with E-state index in [0.717, 1.165) is 0 Å². The zero-order valence-electron chi connectivity index (χ0n) is 9.22. The monoisotopic (exact) mass is 274 g/mol. The number of thioether (sulfide) groups is 1. The summed E-state index contributed by atoms with van der Waals surface area (Å²) >= 11 is 1.39. The molecule has 0 heterocycles. The first-order valence-corrected chi connectivity index (χ1v) is 5.89. The summed E-state index contributed by atoms with van der Waals surface area (Å²) in [6.45, 7) is 0.546. The lowest BCUT2D eigenvalue weighted by Gasteiger charge is -2.28. The van der Waals surface area contributed by atoms with Gasteiger partial charge in [-0.25, -0.2) is 9.59 Å². The third-order valence-corrected chi connectivity index (χ3v) is 2.56. The van der Waals surface area contributed by atoms with Crippen molar-refractivity contribution in [3.63, 3.8) is 0 Å². The van der Waals surface area contributed by atoms with E-state index in [1.165, 1.54) is 17.1 Å². The quantitative estimate of drug-likeness (QED) is 0.655. The van der Waals surface area contributed by atoms with E-state index >= 15 is 0 Å². The Labute approximate surface area is 100 Å². The van der Waals surface area contributed by atoms with Crippen LogP contribution in [0, 0.1) is 0 Å². The summed E-state index contributed by atoms with van der Waals surface area (Å²) < 4.78 is 37.4. The van der Waals surface area contributed by atoms with E-state index in [9.17, 15) is 22.8 Å². The smallest absolute Gasteiger partial charge is 0.422 e. The molecule has 0 radical (unpaired) electrons. The summed E-state index contributed by atoms with van der Waals surface area (Å²) in [4.78, 5) is 21.7. The highest BCUT2D eigenvalue weighted by Gasteiger charge is 2.58. The molecule has 9 heteroatoms. The summed E-state index contributed by atoms with van der Waals surface area (Å²) in [5, 5.41) is 12.1. The first-order valence-electron chi connectivity index (χ1n) is 4.50. The van der Waals surface area contributed by atoms with E-state index in [0.29, 0.717) is 12.7 Å². The van der Waals surface area contributed by atoms with Crippen LogP contribution in [0.5, 0.6) is 0 Å². The number of hydrogen-bond acceptors (Lipinski definition) is 3. The third kappa shape index (κ3) is 4.33. The van der Waals surface area contributed by atoms with Crippen molar-refractivity contribution in [3.8, 4) is 0 Å². The van der Waals surface area contributed by atoms with E-state index in [4.69, 9.17) is 5.11 Å². The molecule has 0 aromatic rings. The zero-order chi connectivity index (χ0) is 13.7. The number of carbonyl (C=O) groups excluding carboxylic acids is 1. The van der Waals surface area contributed by atoms with Gasteiger partial charge in [-0.2, -0.15) is 24.9 Å². The van der Waals surface area contributed by atoms with Gasteiger partial charge in [0.1, 0.15) is 0 Å². The lowest BCUT2D eigenvalue weighted by molar-refractivity contribution is -0.203. The topological polar surface area (TPSA) is 78.4 Å². The first-order chi connectivity index (χ1) is 7.65. The van der Waals surface area contributed by atoms with Gasteiger partial charge in [-0.1, -0.05) is 0 Å². The van der Waals surface area contributed by atoms with E-state index in [-0.39, 0.29) is 6.54 Å². The van der Waals surface area contributed by atoms with Gasteiger partial charge in [-0.05, 0) is 13.2 Å². The highest BCUT2D eigenvalue weighted by molar-refractivity contribution is 7.98. The van der Waals surface area contributed by atoms with Crippen molar-refractivity contribution in [3.05, 3.63) is 0 Å². The van der Waals surface area contributed by atoms with Crippen molar-refractivity contribution in [1.82, 2.24) is 10.6 Å². The number of urea groups is 1. The van der Waals surface area contributed by atoms with Crippen LogP contribution < -0.4 is 10.6 Å². The molecule has 0 saturated carbocycles. The second-order valence-electron chi connectivity index (χ2n) is 3.30. The van der Waals surface area contributed by atoms with E-state index < -0.39 is 23.7 Å². The van der Waals surface area contributed by atoms with Gasteiger partial charge in [0, 0.05) is 12.3 Å². The van der Waals surface area contributed by atoms with Crippen molar-refractivity contribution in [1.29, 1.82) is 0 Å². The predicted molar refractivity (Wildman–Crippen MR) is 57.0 cm³/mol. The summed E-state index contributed by atoms with van der Waals surface area (Å²) in [5.74, 6) is -1.64. The molecule has 0 bridgehead atoms. The van der Waals surface area contributed by atoms with Crippen LogP contribution in [0.1, 0.15) is 6.92 Å². The number of halogens is 3. The second-order valence-corrected chi connectivity index (χ2v) is 4.29. The molecule has 0 aromatic carbocycles. The number of rotatable bonds is 5. The Morgan fingerprint density at radius 2 is 1.88 bits per heavy atom. The van der Waals surface area contributed by atoms with E-state index in [1.807, 2.05) is 0 Å². The van der Waals surface area contributed by atoms with Crippen molar-refractivity contribution in [2.45, 2.75) is 18.6 Å². The molecule has 5 nitrogen and oxygen atoms in total. The van der Waals surface area contributed by atoms with Gasteiger partial charge in [0.25, 0.3) is 0 Å². The number of hydrogen-bond donors (Lipinski definition) is 3. The Kier molecular flexibility index (Phi) is 5.59. The van der Waals surface area contributed by atoms with Gasteiger partial charge in [-0.15, -0.1) is 0 Å². The van der Waals surface area contributed by atoms with Crippen LogP contribution in [-0.2, 0) is 4.79 Å². The van der Waals surface area contributed by atoms with Crippen LogP contribution in [0.25, 0.3) is 0 Å². The molecule has 1 atom stereocenters. The van der Waals surface area contributed by atoms with Crippen LogP contribution >= 0.6 is 11.8 Å². The molecule has 3 N–H and O–H groups in total. The predicted octanol–water partition coefficient (Wildman–Crippen LogP) is 1.05. The molecule has 100 valence electrons. The molecule has 0 aliphatic rings. The summed E-state index contributed by atoms with van der Waals surface area (Å²) in [6, 6.07) is -1.17. The summed E-state index contributed by atoms with van der Waals surface area (Å²) in [5.41, 5.74) is -3.30. The molecule has 0 aliphatic heterocycles. The van der Waals surface area contributed by atoms with Crippen LogP contribution in [0.4, 0.5) is 18.0 Å². The van der Waals surface area contributed by atoms with Crippen molar-refractivity contribution in [2.24, 2.45) is 0 Å². The maximum absolute atomic E-state index is 12.5. The molecule has 0 spiro atoms. The fourth-order valence-electron chi connectivity index (χ4n) is 0.783. The summed E-state index contributed by atoms with van der Waals surface area (Å²) in [7, 11) is 0. The Balaban J connectivity index is 4.58. The largest absolute Gasteiger partial charge is 0.479 e. The van der Waals surface area contributed by atoms with Gasteiger partial charge >= 0.3 is 18.2 Å². The second kappa shape index (κ2) is 5.99. The Bertz CT molecular complexity index is 298. The maximum Gasteiger partial charge on any atom is 0.422 e. The standard InChI is InChI=1S/C8H13F3N2O3S/c1-7(5(14)15,8(9,10)11)13-6(16)12-3-4-17-2/h3-4H2,1-2H3,(H,14,15)(H2,12,13,16). The normalized spacial score (nSPS) is 14.9. The molecular weight excluding hydrogens is 261 g/mol. The van der Waals surface area contributed by atoms with E-state index in [2.05, 4.69) is 5.32 Å². The number of carboxylic acid groups (broad SMARTS) is 1. The highest BCUT2D eigenvalue weighted by Crippen LogP contribution is 2.30. The highest BCUT2D eigenvalue weighted by atomic mass is 32.2. The van der Waals surface area contributed by atoms with Crippen molar-refractivity contribution < 1.29 is 27.9 Å². The van der Waals surface area contributed by atoms with Gasteiger partial charge in [0.15, 0.2) is 0 Å². The van der Waals surface area contributed by atoms with E-state index in [1.54, 1.807) is 6.26 Å². The number of nitrogens with one attached hydrogen (secondary N) is 2. The average Bonchev–Trinajstić information content (AvgIpc) is 2.15. The van der Waals surface area contributed by atoms with Crippen molar-refractivity contribution >= 4 is 23.8 Å². The molecule has 1 unspecified atom stereocenters. The Morgan fingerprint density at radius 1 is 1.35 bits per heavy atom. The van der Waals surface area contributed by atoms with Crippen LogP contribution in [-0.4, -0.2) is 47.4 Å². The van der Waals surface area contributed by atoms with Crippen LogP contribution in [0.2, 0.25) is 0 Å². The molecule has 17 heavy (non-hydrogen) atoms. The summed E-state index contributed by atoms with van der Waals surface area (Å²) in [6.07, 6.45) is -3.31. The van der Waals surface area contributed by atoms with Crippen LogP contribution in [0.3, 0.4) is 0 Å². The number of alkyl halides is 3. The van der Waals surface area contributed by atoms with Gasteiger partial charge in [-0.3, -0.25) is 0 Å². The average molecular weight is 274 g/mol. The minimum atomic E-state index is -5.07. The zero-order valence-corrected chi connectivity index (χ0v) is 10.0. The number of amides is 2. The fourth-order valence-corrected chi connectivity index (χ4v) is 1.09. The van der Waals surface area contributed by atoms with Gasteiger partial charge in [0.2, 0.25) is 5.54 Å². The molecule has 0 aliphatic carbocycles. The minimum Gasteiger partial charge on any atom is -0.479 e. The molecule has 0 aromatic heterocycles. The molecule has 0 fully saturated rings. The lowest BCUT2D eigenvalue weighted by atomic mass is 10.0. The van der Waals surface area contributed by atoms with Crippen LogP contribution in [0.15, 0.2) is 0 Å². The molecule has 0 saturated heterocycles. The first kappa shape index (κ1) is 15.9. The lowest BCUT2D eigenvalue weighted by Crippen LogP contribution is -2.63. The Morgan fingerprint density at radius 3 is 2.24 bits per heavy atom. The number of aliphatic carboxylic acids is 1. The third-order valence-electron chi connectivity index (χ3n) is 1.95. The van der Waals surface area contributed by atoms with Crippen molar-refractivity contribution in [2.75, 3.05) is 18.6 Å². The van der Waals surface area contributed by atoms with Gasteiger partial charge in [0.05, 0.1) is 0 Å². The molecule has 0 rings (SSSR count).